The summed E-state index contributed by atoms with van der Waals surface area (Å²) in [4.78, 5) is 67.4. The summed E-state index contributed by atoms with van der Waals surface area (Å²) in [5, 5.41) is 55.4. The molecule has 0 radical (unpaired) electrons. The van der Waals surface area contributed by atoms with Crippen molar-refractivity contribution in [3.63, 3.8) is 0 Å². The lowest BCUT2D eigenvalue weighted by Crippen LogP contribution is -2.37. The van der Waals surface area contributed by atoms with E-state index in [2.05, 4.69) is 258 Å². The molecule has 0 amide bonds. The minimum Gasteiger partial charge on any atom is -0.481 e. The molecule has 0 fully saturated rings. The normalized spacial score (nSPS) is 15.2. The van der Waals surface area contributed by atoms with Crippen molar-refractivity contribution in [1.29, 1.82) is 0 Å². The molecule has 0 saturated carbocycles. The van der Waals surface area contributed by atoms with Crippen LogP contribution in [-0.2, 0) is 67.9 Å². The molecule has 0 saturated heterocycles. The van der Waals surface area contributed by atoms with Gasteiger partial charge in [-0.25, -0.2) is 9.59 Å². The summed E-state index contributed by atoms with van der Waals surface area (Å²) in [6.45, 7) is 54.9. The molecule has 7 aromatic rings. The van der Waals surface area contributed by atoms with Crippen molar-refractivity contribution in [3.8, 4) is 0 Å². The SMILES string of the molecule is CCC(C)CC(C)(CC(=O)O)c1ccc(C(C)(C)C)cc1.CCC(C)CC(C)(CC(=O)O)c1ccccc1.CCC(C)CC(C)(CCC(=O)O)c1ccc(C(C)(C)C)cc1.CCC(C)CC(C)(CCC(=O)O)c1ccccc1.CCC(C)CC(CC(C)(C)c1ccc(C(C)(C)C)cc1)(c1ccc(C(=O)O)cc1)c1ccc(C(=O)O)cc1. The van der Waals surface area contributed by atoms with Crippen LogP contribution in [0, 0.1) is 29.6 Å². The molecule has 0 heterocycles. The van der Waals surface area contributed by atoms with Gasteiger partial charge in [0, 0.05) is 29.1 Å². The Hall–Kier alpha value is -8.64. The van der Waals surface area contributed by atoms with Crippen molar-refractivity contribution in [2.75, 3.05) is 0 Å². The lowest BCUT2D eigenvalue weighted by atomic mass is 9.60. The zero-order valence-electron chi connectivity index (χ0n) is 75.9. The Balaban J connectivity index is 0.000000390. The van der Waals surface area contributed by atoms with Crippen LogP contribution in [-0.4, -0.2) is 66.5 Å². The molecule has 0 spiro atoms. The molecule has 0 aliphatic carbocycles. The molecule has 0 aliphatic rings. The maximum atomic E-state index is 11.6. The second kappa shape index (κ2) is 45.3. The van der Waals surface area contributed by atoms with E-state index in [9.17, 15) is 44.1 Å². The minimum atomic E-state index is -0.950. The fraction of sp³-hybridized carbons (Fsp3) is 0.538. The van der Waals surface area contributed by atoms with Gasteiger partial charge in [-0.3, -0.25) is 19.2 Å². The van der Waals surface area contributed by atoms with E-state index in [0.717, 1.165) is 92.9 Å². The lowest BCUT2D eigenvalue weighted by molar-refractivity contribution is -0.139. The maximum Gasteiger partial charge on any atom is 0.335 e. The van der Waals surface area contributed by atoms with E-state index in [1.165, 1.54) is 33.4 Å². The molecule has 9 atom stereocenters. The number of benzene rings is 7. The summed E-state index contributed by atoms with van der Waals surface area (Å²) < 4.78 is 0. The zero-order chi connectivity index (χ0) is 88.0. The van der Waals surface area contributed by atoms with Crippen LogP contribution in [0.25, 0.3) is 0 Å². The number of hydrogen-bond acceptors (Lipinski definition) is 6. The van der Waals surface area contributed by atoms with E-state index in [-0.39, 0.29) is 80.1 Å². The number of aliphatic carboxylic acids is 4. The van der Waals surface area contributed by atoms with Crippen molar-refractivity contribution in [2.45, 2.75) is 331 Å². The zero-order valence-corrected chi connectivity index (χ0v) is 75.9. The first-order chi connectivity index (χ1) is 53.8. The Morgan fingerprint density at radius 2 is 0.491 bits per heavy atom. The van der Waals surface area contributed by atoms with Gasteiger partial charge in [-0.15, -0.1) is 0 Å². The molecular formula is C104H150O12. The van der Waals surface area contributed by atoms with Crippen molar-refractivity contribution in [3.05, 3.63) is 249 Å². The summed E-state index contributed by atoms with van der Waals surface area (Å²) in [6, 6.07) is 61.0. The minimum absolute atomic E-state index is 0.0327. The summed E-state index contributed by atoms with van der Waals surface area (Å²) >= 11 is 0. The van der Waals surface area contributed by atoms with E-state index in [1.54, 1.807) is 24.3 Å². The second-order valence-corrected chi connectivity index (χ2v) is 38.9. The molecule has 12 heteroatoms. The first-order valence-corrected chi connectivity index (χ1v) is 42.8. The number of carbonyl (C=O) groups is 6. The monoisotopic (exact) mass is 1590 g/mol. The van der Waals surface area contributed by atoms with E-state index < -0.39 is 41.2 Å². The van der Waals surface area contributed by atoms with Gasteiger partial charge in [-0.05, 0) is 193 Å². The first-order valence-electron chi connectivity index (χ1n) is 42.8. The van der Waals surface area contributed by atoms with Crippen LogP contribution in [0.15, 0.2) is 182 Å². The van der Waals surface area contributed by atoms with E-state index >= 15 is 0 Å². The average Bonchev–Trinajstić information content (AvgIpc) is 0.751. The number of carboxylic acid groups (broad SMARTS) is 6. The molecule has 7 rings (SSSR count). The second-order valence-electron chi connectivity index (χ2n) is 38.9. The van der Waals surface area contributed by atoms with E-state index in [1.807, 2.05) is 72.8 Å². The van der Waals surface area contributed by atoms with Crippen LogP contribution in [0.5, 0.6) is 0 Å². The third-order valence-corrected chi connectivity index (χ3v) is 24.7. The van der Waals surface area contributed by atoms with Gasteiger partial charge in [-0.2, -0.15) is 0 Å². The van der Waals surface area contributed by atoms with Crippen LogP contribution in [0.3, 0.4) is 0 Å². The predicted molar refractivity (Wildman–Crippen MR) is 482 cm³/mol. The number of hydrogen-bond donors (Lipinski definition) is 6. The van der Waals surface area contributed by atoms with Crippen LogP contribution in [0.2, 0.25) is 0 Å². The Morgan fingerprint density at radius 1 is 0.267 bits per heavy atom. The molecular weight excluding hydrogens is 1440 g/mol. The van der Waals surface area contributed by atoms with Gasteiger partial charge in [0.2, 0.25) is 0 Å². The molecule has 12 nitrogen and oxygen atoms in total. The third kappa shape index (κ3) is 32.3. The molecule has 9 unspecified atom stereocenters. The molecule has 638 valence electrons. The van der Waals surface area contributed by atoms with Crippen LogP contribution in [0.1, 0.15) is 359 Å². The van der Waals surface area contributed by atoms with Crippen molar-refractivity contribution >= 4 is 35.8 Å². The average molecular weight is 1590 g/mol. The fourth-order valence-corrected chi connectivity index (χ4v) is 16.4. The van der Waals surface area contributed by atoms with E-state index in [4.69, 9.17) is 15.3 Å². The highest BCUT2D eigenvalue weighted by molar-refractivity contribution is 5.88. The molecule has 0 bridgehead atoms. The molecule has 6 N–H and O–H groups in total. The quantitative estimate of drug-likeness (QED) is 0.0216. The van der Waals surface area contributed by atoms with Gasteiger partial charge in [0.1, 0.15) is 0 Å². The highest BCUT2D eigenvalue weighted by Gasteiger charge is 2.42. The molecule has 0 aromatic heterocycles. The van der Waals surface area contributed by atoms with Crippen LogP contribution < -0.4 is 0 Å². The Labute approximate surface area is 700 Å². The smallest absolute Gasteiger partial charge is 0.335 e. The molecule has 0 aliphatic heterocycles. The number of carboxylic acids is 6. The summed E-state index contributed by atoms with van der Waals surface area (Å²) in [5.41, 5.74) is 11.5. The summed E-state index contributed by atoms with van der Waals surface area (Å²) in [6.07, 6.45) is 13.2. The Morgan fingerprint density at radius 3 is 0.741 bits per heavy atom. The van der Waals surface area contributed by atoms with Crippen LogP contribution in [0.4, 0.5) is 0 Å². The highest BCUT2D eigenvalue weighted by Crippen LogP contribution is 2.49. The summed E-state index contributed by atoms with van der Waals surface area (Å²) in [5.74, 6) is -2.08. The van der Waals surface area contributed by atoms with Crippen molar-refractivity contribution in [2.24, 2.45) is 29.6 Å². The number of rotatable bonds is 36. The lowest BCUT2D eigenvalue weighted by Gasteiger charge is -2.43. The first kappa shape index (κ1) is 102. The Kier molecular flexibility index (Phi) is 39.7. The van der Waals surface area contributed by atoms with Crippen molar-refractivity contribution < 1.29 is 59.4 Å². The van der Waals surface area contributed by atoms with Crippen molar-refractivity contribution in [1.82, 2.24) is 0 Å². The third-order valence-electron chi connectivity index (χ3n) is 24.7. The van der Waals surface area contributed by atoms with Gasteiger partial charge in [0.15, 0.2) is 0 Å². The van der Waals surface area contributed by atoms with Gasteiger partial charge in [-0.1, -0.05) is 363 Å². The highest BCUT2D eigenvalue weighted by atomic mass is 16.4. The van der Waals surface area contributed by atoms with Gasteiger partial charge < -0.3 is 30.6 Å². The Bertz CT molecular complexity index is 4040. The maximum absolute atomic E-state index is 11.6. The van der Waals surface area contributed by atoms with Gasteiger partial charge in [0.05, 0.1) is 24.0 Å². The van der Waals surface area contributed by atoms with Gasteiger partial charge in [0.25, 0.3) is 0 Å². The number of aromatic carboxylic acids is 2. The topological polar surface area (TPSA) is 224 Å². The molecule has 7 aromatic carbocycles. The largest absolute Gasteiger partial charge is 0.481 e. The van der Waals surface area contributed by atoms with Gasteiger partial charge >= 0.3 is 35.8 Å². The predicted octanol–water partition coefficient (Wildman–Crippen LogP) is 27.3. The standard InChI is InChI=1S/C34H42O4.C20H32O2.C19H30O2.C16H24O2.C15H22O2/c1-8-23(2)21-34(28-13-9-24(10-14-28)30(35)36,29-15-11-25(12-16-29)31(37)38)22-33(6,7)27-19-17-26(18-20-27)32(3,4)5;1-7-15(2)14-20(6,13-12-18(21)22)17-10-8-16(9-11-17)19(3,4)5;1-7-14(2)12-19(6,13-17(20)21)16-10-8-15(9-11-16)18(3,4)5;1-4-13(2)12-16(3,11-10-15(17)18)14-8-6-5-7-9-14;1-4-12(2)10-15(3,11-14(16)17)13-8-6-5-7-9-13/h9-20,23H,8,21-22H2,1-7H3,(H,35,36)(H,37,38);8-11,15H,7,12-14H2,1-6H3,(H,21,22);8-11,14H,7,12-13H2,1-6H3,(H,20,21);5-9,13H,4,10-12H2,1-3H3,(H,17,18);5-9,12H,4,10-11H2,1-3H3,(H,16,17). The van der Waals surface area contributed by atoms with E-state index in [0.29, 0.717) is 42.4 Å². The fourth-order valence-electron chi connectivity index (χ4n) is 16.4. The molecule has 116 heavy (non-hydrogen) atoms. The van der Waals surface area contributed by atoms with Crippen LogP contribution >= 0.6 is 0 Å². The summed E-state index contributed by atoms with van der Waals surface area (Å²) in [7, 11) is 0.